The molecule has 0 unspecified atom stereocenters. The number of anilines is 1. The van der Waals surface area contributed by atoms with Crippen LogP contribution in [0.4, 0.5) is 5.69 Å². The Morgan fingerprint density at radius 2 is 2.06 bits per heavy atom. The minimum Gasteiger partial charge on any atom is -0.478 e. The maximum atomic E-state index is 11.3. The summed E-state index contributed by atoms with van der Waals surface area (Å²) in [6, 6.07) is 3.35. The van der Waals surface area contributed by atoms with Crippen molar-refractivity contribution >= 4 is 45.1 Å². The van der Waals surface area contributed by atoms with Crippen LogP contribution in [0.25, 0.3) is 0 Å². The topological polar surface area (TPSA) is 66.4 Å². The third kappa shape index (κ3) is 4.20. The zero-order chi connectivity index (χ0) is 13.0. The number of aliphatic carboxylic acids is 1. The smallest absolute Gasteiger partial charge is 0.328 e. The molecule has 1 rings (SSSR count). The van der Waals surface area contributed by atoms with Crippen molar-refractivity contribution in [2.75, 3.05) is 5.32 Å². The Kier molecular flexibility index (Phi) is 4.72. The maximum absolute atomic E-state index is 11.3. The number of carbonyl (C=O) groups is 2. The largest absolute Gasteiger partial charge is 0.478 e. The number of carboxylic acids is 1. The first-order valence-electron chi connectivity index (χ1n) is 4.58. The second-order valence-corrected chi connectivity index (χ2v) is 4.50. The third-order valence-corrected chi connectivity index (χ3v) is 2.95. The first kappa shape index (κ1) is 13.7. The molecule has 2 N–H and O–H groups in total. The predicted octanol–water partition coefficient (Wildman–Crippen LogP) is 2.99. The lowest BCUT2D eigenvalue weighted by Gasteiger charge is -2.07. The Balaban J connectivity index is 2.85. The monoisotopic (exact) mass is 317 g/mol. The van der Waals surface area contributed by atoms with Crippen LogP contribution in [0, 0.1) is 6.92 Å². The minimum absolute atomic E-state index is 0.487. The Morgan fingerprint density at radius 1 is 1.41 bits per heavy atom. The van der Waals surface area contributed by atoms with E-state index in [2.05, 4.69) is 21.2 Å². The average Bonchev–Trinajstić information content (AvgIpc) is 2.23. The van der Waals surface area contributed by atoms with Gasteiger partial charge >= 0.3 is 5.97 Å². The predicted molar refractivity (Wildman–Crippen MR) is 69.3 cm³/mol. The van der Waals surface area contributed by atoms with Gasteiger partial charge in [0.25, 0.3) is 0 Å². The summed E-state index contributed by atoms with van der Waals surface area (Å²) in [5, 5.41) is 11.4. The molecule has 0 bridgehead atoms. The molecule has 4 nitrogen and oxygen atoms in total. The lowest BCUT2D eigenvalue weighted by Crippen LogP contribution is -2.09. The Morgan fingerprint density at radius 3 is 2.65 bits per heavy atom. The van der Waals surface area contributed by atoms with Crippen LogP contribution in [0.5, 0.6) is 0 Å². The molecule has 1 aromatic rings. The van der Waals surface area contributed by atoms with Crippen molar-refractivity contribution < 1.29 is 14.7 Å². The number of benzene rings is 1. The van der Waals surface area contributed by atoms with Gasteiger partial charge in [-0.1, -0.05) is 11.6 Å². The van der Waals surface area contributed by atoms with Gasteiger partial charge in [0.2, 0.25) is 5.91 Å². The molecule has 0 aliphatic carbocycles. The molecule has 6 heteroatoms. The van der Waals surface area contributed by atoms with E-state index in [-0.39, 0.29) is 0 Å². The molecule has 0 aromatic heterocycles. The molecule has 0 aliphatic heterocycles. The number of hydrogen-bond acceptors (Lipinski definition) is 2. The number of carbonyl (C=O) groups excluding carboxylic acids is 1. The molecule has 1 amide bonds. The molecule has 0 heterocycles. The quantitative estimate of drug-likeness (QED) is 0.842. The van der Waals surface area contributed by atoms with Crippen molar-refractivity contribution in [3.8, 4) is 0 Å². The van der Waals surface area contributed by atoms with Gasteiger partial charge in [-0.2, -0.15) is 0 Å². The van der Waals surface area contributed by atoms with Gasteiger partial charge in [-0.3, -0.25) is 4.79 Å². The summed E-state index contributed by atoms with van der Waals surface area (Å²) >= 11 is 9.19. The van der Waals surface area contributed by atoms with E-state index in [9.17, 15) is 9.59 Å². The summed E-state index contributed by atoms with van der Waals surface area (Å²) in [5.41, 5.74) is 1.36. The normalized spacial score (nSPS) is 10.5. The molecule has 0 saturated carbocycles. The number of rotatable bonds is 3. The molecule has 17 heavy (non-hydrogen) atoms. The second-order valence-electron chi connectivity index (χ2n) is 3.24. The number of amides is 1. The van der Waals surface area contributed by atoms with Crippen LogP contribution in [0.1, 0.15) is 5.56 Å². The Hall–Kier alpha value is -1.33. The zero-order valence-electron chi connectivity index (χ0n) is 8.83. The molecule has 0 saturated heterocycles. The van der Waals surface area contributed by atoms with Gasteiger partial charge in [0.15, 0.2) is 0 Å². The fourth-order valence-electron chi connectivity index (χ4n) is 1.06. The van der Waals surface area contributed by atoms with Crippen molar-refractivity contribution in [1.29, 1.82) is 0 Å². The van der Waals surface area contributed by atoms with Crippen molar-refractivity contribution in [1.82, 2.24) is 0 Å². The highest BCUT2D eigenvalue weighted by atomic mass is 79.9. The van der Waals surface area contributed by atoms with Gasteiger partial charge in [0.1, 0.15) is 0 Å². The van der Waals surface area contributed by atoms with E-state index >= 15 is 0 Å². The van der Waals surface area contributed by atoms with Gasteiger partial charge in [0, 0.05) is 21.6 Å². The standard InChI is InChI=1S/C11H9BrClNO3/c1-6-4-7(12)9(5-8(6)13)14-10(15)2-3-11(16)17/h2-5H,1H3,(H,14,15)(H,16,17)/b3-2+. The lowest BCUT2D eigenvalue weighted by atomic mass is 10.2. The highest BCUT2D eigenvalue weighted by Crippen LogP contribution is 2.29. The van der Waals surface area contributed by atoms with Crippen molar-refractivity contribution in [3.63, 3.8) is 0 Å². The summed E-state index contributed by atoms with van der Waals surface area (Å²) in [7, 11) is 0. The van der Waals surface area contributed by atoms with Gasteiger partial charge in [-0.05, 0) is 40.5 Å². The first-order chi connectivity index (χ1) is 7.90. The van der Waals surface area contributed by atoms with E-state index in [0.29, 0.717) is 15.2 Å². The summed E-state index contributed by atoms with van der Waals surface area (Å²) in [5.74, 6) is -1.71. The van der Waals surface area contributed by atoms with Crippen molar-refractivity contribution in [3.05, 3.63) is 39.3 Å². The second kappa shape index (κ2) is 5.84. The van der Waals surface area contributed by atoms with E-state index in [1.165, 1.54) is 0 Å². The fraction of sp³-hybridized carbons (Fsp3) is 0.0909. The average molecular weight is 319 g/mol. The van der Waals surface area contributed by atoms with E-state index in [4.69, 9.17) is 16.7 Å². The molecule has 90 valence electrons. The lowest BCUT2D eigenvalue weighted by molar-refractivity contribution is -0.131. The van der Waals surface area contributed by atoms with Crippen LogP contribution in [-0.4, -0.2) is 17.0 Å². The summed E-state index contributed by atoms with van der Waals surface area (Å²) in [6.07, 6.45) is 1.70. The first-order valence-corrected chi connectivity index (χ1v) is 5.75. The number of carboxylic acid groups (broad SMARTS) is 1. The van der Waals surface area contributed by atoms with Crippen LogP contribution >= 0.6 is 27.5 Å². The highest BCUT2D eigenvalue weighted by molar-refractivity contribution is 9.10. The van der Waals surface area contributed by atoms with E-state index in [1.54, 1.807) is 12.1 Å². The summed E-state index contributed by atoms with van der Waals surface area (Å²) in [4.78, 5) is 21.6. The Bertz CT molecular complexity index is 500. The molecule has 1 aromatic carbocycles. The Labute approximate surface area is 111 Å². The fourth-order valence-corrected chi connectivity index (χ4v) is 1.78. The molecule has 0 spiro atoms. The van der Waals surface area contributed by atoms with Crippen molar-refractivity contribution in [2.45, 2.75) is 6.92 Å². The number of hydrogen-bond donors (Lipinski definition) is 2. The van der Waals surface area contributed by atoms with Gasteiger partial charge in [-0.25, -0.2) is 4.79 Å². The third-order valence-electron chi connectivity index (χ3n) is 1.88. The molecule has 0 aliphatic rings. The maximum Gasteiger partial charge on any atom is 0.328 e. The van der Waals surface area contributed by atoms with Crippen LogP contribution in [0.15, 0.2) is 28.8 Å². The molecule has 0 atom stereocenters. The van der Waals surface area contributed by atoms with Crippen molar-refractivity contribution in [2.24, 2.45) is 0 Å². The summed E-state index contributed by atoms with van der Waals surface area (Å²) < 4.78 is 0.677. The van der Waals surface area contributed by atoms with Crippen LogP contribution in [0.3, 0.4) is 0 Å². The SMILES string of the molecule is Cc1cc(Br)c(NC(=O)/C=C/C(=O)O)cc1Cl. The number of aryl methyl sites for hydroxylation is 1. The summed E-state index contributed by atoms with van der Waals surface area (Å²) in [6.45, 7) is 1.84. The molecular formula is C11H9BrClNO3. The number of halogens is 2. The van der Waals surface area contributed by atoms with Crippen LogP contribution < -0.4 is 5.32 Å². The van der Waals surface area contributed by atoms with Crippen LogP contribution in [0.2, 0.25) is 5.02 Å². The molecule has 0 fully saturated rings. The van der Waals surface area contributed by atoms with E-state index in [1.807, 2.05) is 6.92 Å². The van der Waals surface area contributed by atoms with E-state index < -0.39 is 11.9 Å². The van der Waals surface area contributed by atoms with E-state index in [0.717, 1.165) is 17.7 Å². The highest BCUT2D eigenvalue weighted by Gasteiger charge is 2.06. The molecular weight excluding hydrogens is 309 g/mol. The number of nitrogens with one attached hydrogen (secondary N) is 1. The molecule has 0 radical (unpaired) electrons. The van der Waals surface area contributed by atoms with Gasteiger partial charge in [0.05, 0.1) is 5.69 Å². The zero-order valence-corrected chi connectivity index (χ0v) is 11.2. The van der Waals surface area contributed by atoms with Crippen LogP contribution in [-0.2, 0) is 9.59 Å². The van der Waals surface area contributed by atoms with Gasteiger partial charge in [-0.15, -0.1) is 0 Å². The van der Waals surface area contributed by atoms with Gasteiger partial charge < -0.3 is 10.4 Å². The minimum atomic E-state index is -1.18.